The van der Waals surface area contributed by atoms with Gasteiger partial charge in [-0.2, -0.15) is 0 Å². The van der Waals surface area contributed by atoms with E-state index in [0.29, 0.717) is 12.5 Å². The summed E-state index contributed by atoms with van der Waals surface area (Å²) in [6.07, 6.45) is 1.94. The molecule has 0 aromatic carbocycles. The average Bonchev–Trinajstić information content (AvgIpc) is 2.07. The third-order valence-corrected chi connectivity index (χ3v) is 2.75. The van der Waals surface area contributed by atoms with E-state index < -0.39 is 5.60 Å². The van der Waals surface area contributed by atoms with Crippen LogP contribution in [-0.2, 0) is 4.74 Å². The SMILES string of the molecule is CCC[C@H](CNC(=O)OC(C)(C)C)C(C)(C)C. The van der Waals surface area contributed by atoms with Gasteiger partial charge in [-0.1, -0.05) is 34.1 Å². The van der Waals surface area contributed by atoms with Crippen molar-refractivity contribution in [3.63, 3.8) is 0 Å². The molecule has 0 bridgehead atoms. The van der Waals surface area contributed by atoms with Gasteiger partial charge in [0, 0.05) is 6.54 Å². The molecule has 0 aromatic heterocycles. The molecule has 1 amide bonds. The van der Waals surface area contributed by atoms with Crippen molar-refractivity contribution in [2.75, 3.05) is 6.54 Å². The Hall–Kier alpha value is -0.730. The van der Waals surface area contributed by atoms with Gasteiger partial charge in [-0.3, -0.25) is 0 Å². The Kier molecular flexibility index (Phi) is 6.00. The molecule has 1 N–H and O–H groups in total. The van der Waals surface area contributed by atoms with Gasteiger partial charge in [0.2, 0.25) is 0 Å². The van der Waals surface area contributed by atoms with Gasteiger partial charge in [0.05, 0.1) is 0 Å². The number of hydrogen-bond donors (Lipinski definition) is 1. The van der Waals surface area contributed by atoms with E-state index in [4.69, 9.17) is 4.74 Å². The first-order valence-electron chi connectivity index (χ1n) is 6.53. The molecule has 0 unspecified atom stereocenters. The largest absolute Gasteiger partial charge is 0.444 e. The maximum Gasteiger partial charge on any atom is 0.407 e. The van der Waals surface area contributed by atoms with Crippen molar-refractivity contribution in [3.05, 3.63) is 0 Å². The fraction of sp³-hybridized carbons (Fsp3) is 0.929. The Morgan fingerprint density at radius 1 is 1.18 bits per heavy atom. The maximum absolute atomic E-state index is 11.6. The Morgan fingerprint density at radius 3 is 2.06 bits per heavy atom. The molecule has 0 saturated carbocycles. The minimum Gasteiger partial charge on any atom is -0.444 e. The summed E-state index contributed by atoms with van der Waals surface area (Å²) in [4.78, 5) is 11.6. The molecule has 0 fully saturated rings. The van der Waals surface area contributed by atoms with Gasteiger partial charge in [0.1, 0.15) is 5.60 Å². The van der Waals surface area contributed by atoms with Crippen molar-refractivity contribution in [1.29, 1.82) is 0 Å². The lowest BCUT2D eigenvalue weighted by molar-refractivity contribution is 0.0503. The van der Waals surface area contributed by atoms with Gasteiger partial charge >= 0.3 is 6.09 Å². The normalized spacial score (nSPS) is 14.3. The number of carbonyl (C=O) groups excluding carboxylic acids is 1. The highest BCUT2D eigenvalue weighted by molar-refractivity contribution is 5.67. The highest BCUT2D eigenvalue weighted by Crippen LogP contribution is 2.29. The van der Waals surface area contributed by atoms with Crippen LogP contribution in [0, 0.1) is 11.3 Å². The number of carbonyl (C=O) groups is 1. The van der Waals surface area contributed by atoms with Crippen LogP contribution in [0.15, 0.2) is 0 Å². The zero-order chi connectivity index (χ0) is 13.7. The summed E-state index contributed by atoms with van der Waals surface area (Å²) in [6.45, 7) is 15.1. The van der Waals surface area contributed by atoms with Crippen LogP contribution in [0.25, 0.3) is 0 Å². The molecule has 0 aliphatic rings. The van der Waals surface area contributed by atoms with Crippen LogP contribution in [-0.4, -0.2) is 18.2 Å². The number of rotatable bonds is 4. The fourth-order valence-corrected chi connectivity index (χ4v) is 1.71. The maximum atomic E-state index is 11.6. The lowest BCUT2D eigenvalue weighted by atomic mass is 9.78. The second kappa shape index (κ2) is 6.27. The van der Waals surface area contributed by atoms with E-state index in [0.717, 1.165) is 12.8 Å². The topological polar surface area (TPSA) is 38.3 Å². The van der Waals surface area contributed by atoms with E-state index in [1.165, 1.54) is 0 Å². The zero-order valence-corrected chi connectivity index (χ0v) is 12.5. The summed E-state index contributed by atoms with van der Waals surface area (Å²) in [5.41, 5.74) is -0.211. The van der Waals surface area contributed by atoms with E-state index in [-0.39, 0.29) is 11.5 Å². The van der Waals surface area contributed by atoms with Crippen LogP contribution >= 0.6 is 0 Å². The van der Waals surface area contributed by atoms with Crippen LogP contribution in [0.3, 0.4) is 0 Å². The van der Waals surface area contributed by atoms with Gasteiger partial charge in [0.15, 0.2) is 0 Å². The van der Waals surface area contributed by atoms with Gasteiger partial charge in [0.25, 0.3) is 0 Å². The summed E-state index contributed by atoms with van der Waals surface area (Å²) in [7, 11) is 0. The number of alkyl carbamates (subject to hydrolysis) is 1. The average molecular weight is 243 g/mol. The molecule has 0 saturated heterocycles. The first-order valence-corrected chi connectivity index (χ1v) is 6.53. The summed E-state index contributed by atoms with van der Waals surface area (Å²) in [6, 6.07) is 0. The smallest absolute Gasteiger partial charge is 0.407 e. The van der Waals surface area contributed by atoms with Crippen molar-refractivity contribution < 1.29 is 9.53 Å². The van der Waals surface area contributed by atoms with E-state index in [2.05, 4.69) is 33.0 Å². The Labute approximate surface area is 106 Å². The first kappa shape index (κ1) is 16.3. The van der Waals surface area contributed by atoms with Gasteiger partial charge < -0.3 is 10.1 Å². The summed E-state index contributed by atoms with van der Waals surface area (Å²) < 4.78 is 5.23. The Bertz CT molecular complexity index is 236. The molecule has 0 aromatic rings. The summed E-state index contributed by atoms with van der Waals surface area (Å²) in [5.74, 6) is 0.486. The van der Waals surface area contributed by atoms with Crippen LogP contribution in [0.1, 0.15) is 61.3 Å². The molecule has 0 radical (unpaired) electrons. The van der Waals surface area contributed by atoms with E-state index in [9.17, 15) is 4.79 Å². The number of amides is 1. The number of ether oxygens (including phenoxy) is 1. The van der Waals surface area contributed by atoms with Gasteiger partial charge in [-0.15, -0.1) is 0 Å². The summed E-state index contributed by atoms with van der Waals surface area (Å²) in [5, 5.41) is 2.87. The quantitative estimate of drug-likeness (QED) is 0.811. The van der Waals surface area contributed by atoms with Crippen LogP contribution in [0.5, 0.6) is 0 Å². The lowest BCUT2D eigenvalue weighted by Gasteiger charge is -2.31. The number of nitrogens with one attached hydrogen (secondary N) is 1. The minimum atomic E-state index is -0.425. The monoisotopic (exact) mass is 243 g/mol. The van der Waals surface area contributed by atoms with Crippen molar-refractivity contribution >= 4 is 6.09 Å². The molecular weight excluding hydrogens is 214 g/mol. The highest BCUT2D eigenvalue weighted by Gasteiger charge is 2.25. The standard InChI is InChI=1S/C14H29NO2/c1-8-9-11(13(2,3)4)10-15-12(16)17-14(5,6)7/h11H,8-10H2,1-7H3,(H,15,16)/t11-/m1/s1. The molecule has 0 aliphatic carbocycles. The Balaban J connectivity index is 4.18. The van der Waals surface area contributed by atoms with Crippen molar-refractivity contribution in [2.45, 2.75) is 66.9 Å². The zero-order valence-electron chi connectivity index (χ0n) is 12.5. The molecule has 3 nitrogen and oxygen atoms in total. The molecule has 0 spiro atoms. The lowest BCUT2D eigenvalue weighted by Crippen LogP contribution is -2.38. The third-order valence-electron chi connectivity index (χ3n) is 2.75. The highest BCUT2D eigenvalue weighted by atomic mass is 16.6. The van der Waals surface area contributed by atoms with E-state index in [1.807, 2.05) is 20.8 Å². The van der Waals surface area contributed by atoms with Gasteiger partial charge in [-0.25, -0.2) is 4.79 Å². The second-order valence-electron chi connectivity index (χ2n) is 6.73. The second-order valence-corrected chi connectivity index (χ2v) is 6.73. The van der Waals surface area contributed by atoms with Gasteiger partial charge in [-0.05, 0) is 38.5 Å². The van der Waals surface area contributed by atoms with Crippen LogP contribution < -0.4 is 5.32 Å². The predicted molar refractivity (Wildman–Crippen MR) is 72.1 cm³/mol. The molecule has 102 valence electrons. The van der Waals surface area contributed by atoms with Crippen molar-refractivity contribution in [1.82, 2.24) is 5.32 Å². The molecule has 0 heterocycles. The van der Waals surface area contributed by atoms with Crippen LogP contribution in [0.4, 0.5) is 4.79 Å². The molecule has 0 aliphatic heterocycles. The minimum absolute atomic E-state index is 0.213. The predicted octanol–water partition coefficient (Wildman–Crippen LogP) is 3.97. The molecule has 1 atom stereocenters. The fourth-order valence-electron chi connectivity index (χ4n) is 1.71. The molecular formula is C14H29NO2. The van der Waals surface area contributed by atoms with E-state index in [1.54, 1.807) is 0 Å². The van der Waals surface area contributed by atoms with Crippen molar-refractivity contribution in [3.8, 4) is 0 Å². The first-order chi connectivity index (χ1) is 7.56. The molecule has 0 rings (SSSR count). The third kappa shape index (κ3) is 8.06. The Morgan fingerprint density at radius 2 is 1.71 bits per heavy atom. The molecule has 17 heavy (non-hydrogen) atoms. The van der Waals surface area contributed by atoms with Crippen molar-refractivity contribution in [2.24, 2.45) is 11.3 Å². The van der Waals surface area contributed by atoms with Crippen LogP contribution in [0.2, 0.25) is 0 Å². The molecule has 3 heteroatoms. The number of hydrogen-bond acceptors (Lipinski definition) is 2. The summed E-state index contributed by atoms with van der Waals surface area (Å²) >= 11 is 0. The van der Waals surface area contributed by atoms with E-state index >= 15 is 0 Å².